The second-order valence-electron chi connectivity index (χ2n) is 7.55. The van der Waals surface area contributed by atoms with Crippen LogP contribution in [0.15, 0.2) is 60.7 Å². The molecule has 2 heterocycles. The van der Waals surface area contributed by atoms with Crippen molar-refractivity contribution in [3.63, 3.8) is 0 Å². The van der Waals surface area contributed by atoms with Crippen LogP contribution in [0, 0.1) is 0 Å². The van der Waals surface area contributed by atoms with Gasteiger partial charge in [-0.2, -0.15) is 4.31 Å². The summed E-state index contributed by atoms with van der Waals surface area (Å²) in [5, 5.41) is 0. The first-order valence-electron chi connectivity index (χ1n) is 10.1. The van der Waals surface area contributed by atoms with Crippen molar-refractivity contribution in [2.24, 2.45) is 0 Å². The lowest BCUT2D eigenvalue weighted by Crippen LogP contribution is -2.51. The van der Waals surface area contributed by atoms with E-state index in [1.54, 1.807) is 17.0 Å². The topological polar surface area (TPSA) is 76.2 Å². The number of rotatable bonds is 6. The van der Waals surface area contributed by atoms with Crippen molar-refractivity contribution in [2.75, 3.05) is 32.8 Å². The van der Waals surface area contributed by atoms with Gasteiger partial charge in [-0.1, -0.05) is 48.5 Å². The maximum Gasteiger partial charge on any atom is 0.241 e. The predicted octanol–water partition coefficient (Wildman–Crippen LogP) is 1.90. The summed E-state index contributed by atoms with van der Waals surface area (Å²) in [5.41, 5.74) is 0.697. The van der Waals surface area contributed by atoms with E-state index in [1.807, 2.05) is 48.5 Å². The zero-order valence-corrected chi connectivity index (χ0v) is 17.5. The number of benzene rings is 2. The zero-order chi connectivity index (χ0) is 21.0. The lowest BCUT2D eigenvalue weighted by Gasteiger charge is -2.32. The molecule has 2 aliphatic heterocycles. The fraction of sp³-hybridized carbons (Fsp3) is 0.409. The first-order chi connectivity index (χ1) is 14.5. The Morgan fingerprint density at radius 2 is 1.63 bits per heavy atom. The Kier molecular flexibility index (Phi) is 6.36. The van der Waals surface area contributed by atoms with E-state index in [-0.39, 0.29) is 24.3 Å². The van der Waals surface area contributed by atoms with Crippen molar-refractivity contribution in [3.05, 3.63) is 66.2 Å². The standard InChI is InChI=1S/C22H26N2O5S/c25-22(23-11-13-28-14-12-23)21-15-20(29-19-9-5-2-6-10-19)16-24(21)30(26,27)17-18-7-3-1-4-8-18/h1-10,20-21H,11-17H2/t20-,21-/m0/s1. The first-order valence-corrected chi connectivity index (χ1v) is 11.8. The molecular formula is C22H26N2O5S. The Balaban J connectivity index is 1.56. The van der Waals surface area contributed by atoms with Gasteiger partial charge in [-0.3, -0.25) is 4.79 Å². The van der Waals surface area contributed by atoms with Gasteiger partial charge in [0.1, 0.15) is 17.9 Å². The van der Waals surface area contributed by atoms with E-state index >= 15 is 0 Å². The van der Waals surface area contributed by atoms with Crippen molar-refractivity contribution in [1.29, 1.82) is 0 Å². The SMILES string of the molecule is O=C([C@@H]1C[C@H](Oc2ccccc2)CN1S(=O)(=O)Cc1ccccc1)N1CCOCC1. The number of carbonyl (C=O) groups is 1. The van der Waals surface area contributed by atoms with Gasteiger partial charge in [0.05, 0.1) is 25.5 Å². The summed E-state index contributed by atoms with van der Waals surface area (Å²) in [5.74, 6) is 0.357. The van der Waals surface area contributed by atoms with Crippen LogP contribution in [0.25, 0.3) is 0 Å². The van der Waals surface area contributed by atoms with Gasteiger partial charge in [0.25, 0.3) is 0 Å². The number of morpholine rings is 1. The van der Waals surface area contributed by atoms with Crippen LogP contribution in [0.4, 0.5) is 0 Å². The van der Waals surface area contributed by atoms with Crippen molar-refractivity contribution in [2.45, 2.75) is 24.3 Å². The van der Waals surface area contributed by atoms with Crippen molar-refractivity contribution >= 4 is 15.9 Å². The third-order valence-electron chi connectivity index (χ3n) is 5.42. The van der Waals surface area contributed by atoms with Crippen molar-refractivity contribution < 1.29 is 22.7 Å². The quantitative estimate of drug-likeness (QED) is 0.700. The average molecular weight is 431 g/mol. The first kappa shape index (κ1) is 20.8. The van der Waals surface area contributed by atoms with Crippen LogP contribution in [0.3, 0.4) is 0 Å². The highest BCUT2D eigenvalue weighted by Crippen LogP contribution is 2.28. The number of amides is 1. The molecule has 0 bridgehead atoms. The lowest BCUT2D eigenvalue weighted by molar-refractivity contribution is -0.138. The minimum atomic E-state index is -3.70. The van der Waals surface area contributed by atoms with Crippen LogP contribution < -0.4 is 4.74 Å². The predicted molar refractivity (Wildman–Crippen MR) is 112 cm³/mol. The summed E-state index contributed by atoms with van der Waals surface area (Å²) in [6.45, 7) is 2.06. The Labute approximate surface area is 177 Å². The molecule has 0 aromatic heterocycles. The minimum Gasteiger partial charge on any atom is -0.489 e. The summed E-state index contributed by atoms with van der Waals surface area (Å²) in [6, 6.07) is 17.6. The van der Waals surface area contributed by atoms with Crippen LogP contribution >= 0.6 is 0 Å². The van der Waals surface area contributed by atoms with E-state index in [1.165, 1.54) is 4.31 Å². The number of sulfonamides is 1. The third-order valence-corrected chi connectivity index (χ3v) is 7.24. The summed E-state index contributed by atoms with van der Waals surface area (Å²) in [7, 11) is -3.70. The number of hydrogen-bond acceptors (Lipinski definition) is 5. The van der Waals surface area contributed by atoms with Gasteiger partial charge < -0.3 is 14.4 Å². The number of carbonyl (C=O) groups excluding carboxylic acids is 1. The van der Waals surface area contributed by atoms with Crippen LogP contribution in [0.1, 0.15) is 12.0 Å². The van der Waals surface area contributed by atoms with Crippen molar-refractivity contribution in [3.8, 4) is 5.75 Å². The molecule has 8 heteroatoms. The second-order valence-corrected chi connectivity index (χ2v) is 9.48. The monoisotopic (exact) mass is 430 g/mol. The summed E-state index contributed by atoms with van der Waals surface area (Å²) >= 11 is 0. The highest BCUT2D eigenvalue weighted by Gasteiger charge is 2.45. The van der Waals surface area contributed by atoms with E-state index in [4.69, 9.17) is 9.47 Å². The summed E-state index contributed by atoms with van der Waals surface area (Å²) in [6.07, 6.45) is -0.0491. The highest BCUT2D eigenvalue weighted by molar-refractivity contribution is 7.88. The molecule has 1 amide bonds. The summed E-state index contributed by atoms with van der Waals surface area (Å²) in [4.78, 5) is 14.9. The largest absolute Gasteiger partial charge is 0.489 e. The molecule has 2 aromatic carbocycles. The maximum absolute atomic E-state index is 13.3. The fourth-order valence-electron chi connectivity index (χ4n) is 3.94. The van der Waals surface area contributed by atoms with E-state index in [0.29, 0.717) is 44.0 Å². The van der Waals surface area contributed by atoms with E-state index < -0.39 is 16.1 Å². The molecule has 0 N–H and O–H groups in total. The molecular weight excluding hydrogens is 404 g/mol. The molecule has 0 spiro atoms. The van der Waals surface area contributed by atoms with Gasteiger partial charge in [-0.25, -0.2) is 8.42 Å². The smallest absolute Gasteiger partial charge is 0.241 e. The molecule has 0 unspecified atom stereocenters. The minimum absolute atomic E-state index is 0.140. The van der Waals surface area contributed by atoms with Crippen molar-refractivity contribution in [1.82, 2.24) is 9.21 Å². The molecule has 0 radical (unpaired) electrons. The second kappa shape index (κ2) is 9.16. The van der Waals surface area contributed by atoms with E-state index in [2.05, 4.69) is 0 Å². The Hall–Kier alpha value is -2.42. The third kappa shape index (κ3) is 4.83. The molecule has 2 aliphatic rings. The molecule has 160 valence electrons. The average Bonchev–Trinajstić information content (AvgIpc) is 3.20. The molecule has 0 saturated carbocycles. The Morgan fingerprint density at radius 3 is 2.30 bits per heavy atom. The molecule has 7 nitrogen and oxygen atoms in total. The van der Waals surface area contributed by atoms with Gasteiger partial charge in [0, 0.05) is 19.5 Å². The molecule has 2 atom stereocenters. The Bertz CT molecular complexity index is 946. The summed E-state index contributed by atoms with van der Waals surface area (Å²) < 4.78 is 39.2. The van der Waals surface area contributed by atoms with Gasteiger partial charge in [-0.05, 0) is 17.7 Å². The van der Waals surface area contributed by atoms with Crippen LogP contribution in [-0.2, 0) is 25.3 Å². The molecule has 2 saturated heterocycles. The molecule has 0 aliphatic carbocycles. The maximum atomic E-state index is 13.3. The highest BCUT2D eigenvalue weighted by atomic mass is 32.2. The van der Waals surface area contributed by atoms with E-state index in [9.17, 15) is 13.2 Å². The molecule has 4 rings (SSSR count). The van der Waals surface area contributed by atoms with Gasteiger partial charge >= 0.3 is 0 Å². The molecule has 2 fully saturated rings. The fourth-order valence-corrected chi connectivity index (χ4v) is 5.68. The zero-order valence-electron chi connectivity index (χ0n) is 16.7. The molecule has 30 heavy (non-hydrogen) atoms. The Morgan fingerprint density at radius 1 is 1.00 bits per heavy atom. The van der Waals surface area contributed by atoms with Crippen LogP contribution in [-0.4, -0.2) is 68.5 Å². The van der Waals surface area contributed by atoms with Gasteiger partial charge in [0.15, 0.2) is 0 Å². The number of hydrogen-bond donors (Lipinski definition) is 0. The lowest BCUT2D eigenvalue weighted by atomic mass is 10.1. The normalized spacial score (nSPS) is 22.7. The van der Waals surface area contributed by atoms with E-state index in [0.717, 1.165) is 0 Å². The van der Waals surface area contributed by atoms with Gasteiger partial charge in [0.2, 0.25) is 15.9 Å². The van der Waals surface area contributed by atoms with Crippen LogP contribution in [0.2, 0.25) is 0 Å². The number of nitrogens with zero attached hydrogens (tertiary/aromatic N) is 2. The molecule has 2 aromatic rings. The van der Waals surface area contributed by atoms with Crippen LogP contribution in [0.5, 0.6) is 5.75 Å². The van der Waals surface area contributed by atoms with Gasteiger partial charge in [-0.15, -0.1) is 0 Å². The number of para-hydroxylation sites is 1. The number of ether oxygens (including phenoxy) is 2.